The van der Waals surface area contributed by atoms with Crippen molar-refractivity contribution in [1.29, 1.82) is 0 Å². The Morgan fingerprint density at radius 1 is 1.24 bits per heavy atom. The monoisotopic (exact) mass is 240 g/mol. The number of methoxy groups -OCH3 is 2. The van der Waals surface area contributed by atoms with Crippen molar-refractivity contribution in [3.8, 4) is 0 Å². The van der Waals surface area contributed by atoms with Crippen molar-refractivity contribution < 1.29 is 19.3 Å². The molecule has 1 N–H and O–H groups in total. The molecular formula is C13H20O4. The molecule has 1 unspecified atom stereocenters. The van der Waals surface area contributed by atoms with E-state index in [-0.39, 0.29) is 0 Å². The molecular weight excluding hydrogens is 220 g/mol. The maximum atomic E-state index is 10.5. The normalized spacial score (nSPS) is 43.9. The van der Waals surface area contributed by atoms with Crippen LogP contribution in [0.1, 0.15) is 12.8 Å². The first-order valence-corrected chi connectivity index (χ1v) is 5.75. The van der Waals surface area contributed by atoms with Crippen molar-refractivity contribution in [1.82, 2.24) is 0 Å². The predicted molar refractivity (Wildman–Crippen MR) is 63.8 cm³/mol. The van der Waals surface area contributed by atoms with E-state index in [0.29, 0.717) is 26.1 Å². The number of hydrogen-bond acceptors (Lipinski definition) is 4. The molecule has 0 aliphatic carbocycles. The highest BCUT2D eigenvalue weighted by atomic mass is 16.6. The Morgan fingerprint density at radius 2 is 1.71 bits per heavy atom. The second kappa shape index (κ2) is 4.21. The Bertz CT molecular complexity index is 314. The van der Waals surface area contributed by atoms with E-state index in [1.807, 2.05) is 12.2 Å². The zero-order valence-electron chi connectivity index (χ0n) is 10.4. The highest BCUT2D eigenvalue weighted by Gasteiger charge is 2.56. The van der Waals surface area contributed by atoms with Gasteiger partial charge in [0.2, 0.25) is 0 Å². The number of rotatable bonds is 5. The second-order valence-corrected chi connectivity index (χ2v) is 5.09. The molecule has 0 aromatic heterocycles. The minimum Gasteiger partial charge on any atom is -0.386 e. The number of aliphatic hydroxyl groups is 1. The predicted octanol–water partition coefficient (Wildman–Crippen LogP) is 1.05. The summed E-state index contributed by atoms with van der Waals surface area (Å²) in [6, 6.07) is 0. The van der Waals surface area contributed by atoms with Gasteiger partial charge in [0.05, 0.1) is 18.8 Å². The third-order valence-electron chi connectivity index (χ3n) is 3.47. The lowest BCUT2D eigenvalue weighted by atomic mass is 9.79. The molecule has 2 rings (SSSR count). The summed E-state index contributed by atoms with van der Waals surface area (Å²) in [6.07, 6.45) is 6.50. The molecule has 2 aliphatic heterocycles. The van der Waals surface area contributed by atoms with E-state index in [2.05, 4.69) is 6.58 Å². The van der Waals surface area contributed by atoms with E-state index in [1.54, 1.807) is 20.3 Å². The van der Waals surface area contributed by atoms with Crippen LogP contribution >= 0.6 is 0 Å². The molecule has 4 heteroatoms. The van der Waals surface area contributed by atoms with Crippen molar-refractivity contribution in [3.63, 3.8) is 0 Å². The number of fused-ring (bicyclic) bond motifs is 2. The van der Waals surface area contributed by atoms with E-state index in [0.717, 1.165) is 0 Å². The molecule has 4 nitrogen and oxygen atoms in total. The standard InChI is InChI=1S/C13H20O4/c1-4-11(14)7-12(9-15-2)5-6-13(8-11,17-12)10-16-3/h4-6,14H,1,7-10H2,2-3H3/t11?,12-,13+. The van der Waals surface area contributed by atoms with Gasteiger partial charge in [-0.1, -0.05) is 18.2 Å². The lowest BCUT2D eigenvalue weighted by molar-refractivity contribution is -0.209. The van der Waals surface area contributed by atoms with Gasteiger partial charge in [0, 0.05) is 27.1 Å². The fraction of sp³-hybridized carbons (Fsp3) is 0.692. The van der Waals surface area contributed by atoms with Crippen LogP contribution in [0.3, 0.4) is 0 Å². The van der Waals surface area contributed by atoms with E-state index in [9.17, 15) is 5.11 Å². The molecule has 0 saturated carbocycles. The van der Waals surface area contributed by atoms with E-state index in [1.165, 1.54) is 0 Å². The maximum Gasteiger partial charge on any atom is 0.114 e. The highest BCUT2D eigenvalue weighted by molar-refractivity contribution is 5.27. The lowest BCUT2D eigenvalue weighted by Crippen LogP contribution is -2.56. The average molecular weight is 240 g/mol. The van der Waals surface area contributed by atoms with E-state index in [4.69, 9.17) is 14.2 Å². The fourth-order valence-corrected chi connectivity index (χ4v) is 2.96. The molecule has 2 aliphatic rings. The molecule has 0 radical (unpaired) electrons. The van der Waals surface area contributed by atoms with Gasteiger partial charge in [-0.05, 0) is 0 Å². The molecule has 96 valence electrons. The first-order chi connectivity index (χ1) is 8.01. The van der Waals surface area contributed by atoms with Crippen molar-refractivity contribution in [2.75, 3.05) is 27.4 Å². The SMILES string of the molecule is C=CC1(O)C[C@@]2(COC)C=C[C@@](COC)(C1)O2. The van der Waals surface area contributed by atoms with Gasteiger partial charge in [0.15, 0.2) is 0 Å². The minimum atomic E-state index is -0.932. The van der Waals surface area contributed by atoms with Crippen LogP contribution in [0.4, 0.5) is 0 Å². The summed E-state index contributed by atoms with van der Waals surface area (Å²) in [5, 5.41) is 10.5. The van der Waals surface area contributed by atoms with E-state index < -0.39 is 16.8 Å². The summed E-state index contributed by atoms with van der Waals surface area (Å²) in [5.41, 5.74) is -2.05. The number of hydrogen-bond donors (Lipinski definition) is 1. The van der Waals surface area contributed by atoms with Gasteiger partial charge in [-0.25, -0.2) is 0 Å². The van der Waals surface area contributed by atoms with Crippen molar-refractivity contribution in [2.24, 2.45) is 0 Å². The second-order valence-electron chi connectivity index (χ2n) is 5.09. The van der Waals surface area contributed by atoms with Gasteiger partial charge >= 0.3 is 0 Å². The zero-order chi connectivity index (χ0) is 12.6. The fourth-order valence-electron chi connectivity index (χ4n) is 2.96. The molecule has 17 heavy (non-hydrogen) atoms. The molecule has 0 aromatic carbocycles. The molecule has 0 aromatic rings. The molecule has 0 spiro atoms. The Morgan fingerprint density at radius 3 is 2.06 bits per heavy atom. The highest BCUT2D eigenvalue weighted by Crippen LogP contribution is 2.48. The molecule has 0 amide bonds. The average Bonchev–Trinajstić information content (AvgIpc) is 2.52. The van der Waals surface area contributed by atoms with Gasteiger partial charge < -0.3 is 19.3 Å². The molecule has 2 heterocycles. The van der Waals surface area contributed by atoms with Crippen LogP contribution < -0.4 is 0 Å². The molecule has 3 atom stereocenters. The Balaban J connectivity index is 2.28. The van der Waals surface area contributed by atoms with Crippen molar-refractivity contribution in [3.05, 3.63) is 24.8 Å². The molecule has 1 fully saturated rings. The topological polar surface area (TPSA) is 47.9 Å². The quantitative estimate of drug-likeness (QED) is 0.730. The minimum absolute atomic E-state index is 0.422. The third kappa shape index (κ3) is 2.18. The van der Waals surface area contributed by atoms with Crippen LogP contribution in [-0.2, 0) is 14.2 Å². The summed E-state index contributed by atoms with van der Waals surface area (Å²) in [4.78, 5) is 0. The summed E-state index contributed by atoms with van der Waals surface area (Å²) in [6.45, 7) is 4.56. The van der Waals surface area contributed by atoms with Crippen LogP contribution in [0.15, 0.2) is 24.8 Å². The Hall–Kier alpha value is -0.680. The van der Waals surface area contributed by atoms with Gasteiger partial charge in [0.1, 0.15) is 11.2 Å². The van der Waals surface area contributed by atoms with Gasteiger partial charge in [-0.15, -0.1) is 6.58 Å². The molecule has 2 bridgehead atoms. The summed E-state index contributed by atoms with van der Waals surface area (Å²) >= 11 is 0. The van der Waals surface area contributed by atoms with Crippen LogP contribution in [0.2, 0.25) is 0 Å². The largest absolute Gasteiger partial charge is 0.386 e. The van der Waals surface area contributed by atoms with Gasteiger partial charge in [-0.2, -0.15) is 0 Å². The smallest absolute Gasteiger partial charge is 0.114 e. The van der Waals surface area contributed by atoms with Gasteiger partial charge in [0.25, 0.3) is 0 Å². The molecule has 1 saturated heterocycles. The van der Waals surface area contributed by atoms with Crippen LogP contribution in [0, 0.1) is 0 Å². The van der Waals surface area contributed by atoms with Crippen LogP contribution in [-0.4, -0.2) is 49.3 Å². The van der Waals surface area contributed by atoms with Crippen molar-refractivity contribution >= 4 is 0 Å². The summed E-state index contributed by atoms with van der Waals surface area (Å²) in [5.74, 6) is 0. The van der Waals surface area contributed by atoms with E-state index >= 15 is 0 Å². The van der Waals surface area contributed by atoms with Crippen molar-refractivity contribution in [2.45, 2.75) is 29.6 Å². The lowest BCUT2D eigenvalue weighted by Gasteiger charge is -2.47. The third-order valence-corrected chi connectivity index (χ3v) is 3.47. The summed E-state index contributed by atoms with van der Waals surface area (Å²) in [7, 11) is 3.26. The maximum absolute atomic E-state index is 10.5. The Kier molecular flexibility index (Phi) is 3.16. The zero-order valence-corrected chi connectivity index (χ0v) is 10.4. The summed E-state index contributed by atoms with van der Waals surface area (Å²) < 4.78 is 16.5. The van der Waals surface area contributed by atoms with Crippen LogP contribution in [0.5, 0.6) is 0 Å². The first kappa shape index (κ1) is 12.8. The van der Waals surface area contributed by atoms with Crippen LogP contribution in [0.25, 0.3) is 0 Å². The number of ether oxygens (including phenoxy) is 3. The Labute approximate surface area is 102 Å². The van der Waals surface area contributed by atoms with Gasteiger partial charge in [-0.3, -0.25) is 0 Å². The first-order valence-electron chi connectivity index (χ1n) is 5.75.